The van der Waals surface area contributed by atoms with Crippen LogP contribution < -0.4 is 5.73 Å². The van der Waals surface area contributed by atoms with Crippen LogP contribution in [-0.4, -0.2) is 6.04 Å². The summed E-state index contributed by atoms with van der Waals surface area (Å²) in [6.45, 7) is 2.32. The predicted molar refractivity (Wildman–Crippen MR) is 77.3 cm³/mol. The molecule has 94 valence electrons. The molecule has 0 amide bonds. The van der Waals surface area contributed by atoms with Crippen LogP contribution >= 0.6 is 27.5 Å². The highest BCUT2D eigenvalue weighted by Gasteiger charge is 2.28. The minimum absolute atomic E-state index is 0.242. The average molecular weight is 317 g/mol. The Labute approximate surface area is 117 Å². The molecule has 0 saturated heterocycles. The van der Waals surface area contributed by atoms with Crippen LogP contribution in [0.3, 0.4) is 0 Å². The molecule has 0 spiro atoms. The third-order valence-electron chi connectivity index (χ3n) is 3.95. The van der Waals surface area contributed by atoms with Crippen LogP contribution in [0.1, 0.15) is 31.7 Å². The van der Waals surface area contributed by atoms with E-state index in [0.29, 0.717) is 5.92 Å². The van der Waals surface area contributed by atoms with Crippen molar-refractivity contribution in [1.82, 2.24) is 0 Å². The van der Waals surface area contributed by atoms with Crippen molar-refractivity contribution in [3.63, 3.8) is 0 Å². The summed E-state index contributed by atoms with van der Waals surface area (Å²) in [7, 11) is 0. The van der Waals surface area contributed by atoms with Gasteiger partial charge in [0, 0.05) is 15.5 Å². The third-order valence-corrected chi connectivity index (χ3v) is 4.79. The van der Waals surface area contributed by atoms with Gasteiger partial charge in [-0.25, -0.2) is 0 Å². The number of rotatable bonds is 3. The van der Waals surface area contributed by atoms with Gasteiger partial charge in [-0.2, -0.15) is 0 Å². The first-order valence-electron chi connectivity index (χ1n) is 6.27. The van der Waals surface area contributed by atoms with Crippen LogP contribution in [-0.2, 0) is 6.42 Å². The molecule has 1 aromatic carbocycles. The van der Waals surface area contributed by atoms with E-state index in [2.05, 4.69) is 28.9 Å². The lowest BCUT2D eigenvalue weighted by molar-refractivity contribution is 0.343. The second-order valence-corrected chi connectivity index (χ2v) is 6.50. The second-order valence-electron chi connectivity index (χ2n) is 5.18. The molecule has 2 rings (SSSR count). The molecule has 1 fully saturated rings. The van der Waals surface area contributed by atoms with Crippen LogP contribution in [0.4, 0.5) is 0 Å². The van der Waals surface area contributed by atoms with Gasteiger partial charge in [0.15, 0.2) is 0 Å². The van der Waals surface area contributed by atoms with Gasteiger partial charge in [0.05, 0.1) is 0 Å². The fourth-order valence-corrected chi connectivity index (χ4v) is 3.65. The Kier molecular flexibility index (Phi) is 4.51. The molecule has 2 N–H and O–H groups in total. The highest BCUT2D eigenvalue weighted by atomic mass is 79.9. The molecule has 0 aliphatic heterocycles. The van der Waals surface area contributed by atoms with Gasteiger partial charge in [0.1, 0.15) is 0 Å². The van der Waals surface area contributed by atoms with Gasteiger partial charge < -0.3 is 5.73 Å². The van der Waals surface area contributed by atoms with Crippen molar-refractivity contribution in [3.05, 3.63) is 33.3 Å². The standard InChI is InChI=1S/C14H19BrClN/c1-9-3-2-4-12(9)14(17)7-10-5-6-11(15)8-13(10)16/h5-6,8-9,12,14H,2-4,7,17H2,1H3. The largest absolute Gasteiger partial charge is 0.327 e. The lowest BCUT2D eigenvalue weighted by atomic mass is 9.87. The van der Waals surface area contributed by atoms with Crippen molar-refractivity contribution in [2.75, 3.05) is 0 Å². The predicted octanol–water partition coefficient (Wildman–Crippen LogP) is 4.41. The van der Waals surface area contributed by atoms with Crippen LogP contribution in [0.25, 0.3) is 0 Å². The smallest absolute Gasteiger partial charge is 0.0449 e. The van der Waals surface area contributed by atoms with Gasteiger partial charge in [0.2, 0.25) is 0 Å². The van der Waals surface area contributed by atoms with Crippen molar-refractivity contribution in [2.24, 2.45) is 17.6 Å². The SMILES string of the molecule is CC1CCCC1C(N)Cc1ccc(Br)cc1Cl. The van der Waals surface area contributed by atoms with Crippen molar-refractivity contribution in [3.8, 4) is 0 Å². The molecule has 1 aliphatic rings. The number of hydrogen-bond donors (Lipinski definition) is 1. The summed E-state index contributed by atoms with van der Waals surface area (Å²) in [5, 5.41) is 0.820. The highest BCUT2D eigenvalue weighted by Crippen LogP contribution is 2.34. The molecule has 1 saturated carbocycles. The van der Waals surface area contributed by atoms with Gasteiger partial charge in [-0.1, -0.05) is 53.4 Å². The maximum absolute atomic E-state index is 6.34. The Balaban J connectivity index is 2.04. The van der Waals surface area contributed by atoms with E-state index in [1.165, 1.54) is 24.8 Å². The first-order chi connectivity index (χ1) is 8.08. The quantitative estimate of drug-likeness (QED) is 0.878. The first kappa shape index (κ1) is 13.4. The average Bonchev–Trinajstić information content (AvgIpc) is 2.68. The van der Waals surface area contributed by atoms with Gasteiger partial charge in [0.25, 0.3) is 0 Å². The fourth-order valence-electron chi connectivity index (χ4n) is 2.90. The molecule has 0 radical (unpaired) electrons. The highest BCUT2D eigenvalue weighted by molar-refractivity contribution is 9.10. The molecule has 3 atom stereocenters. The summed E-state index contributed by atoms with van der Waals surface area (Å²) >= 11 is 9.65. The summed E-state index contributed by atoms with van der Waals surface area (Å²) < 4.78 is 1.02. The van der Waals surface area contributed by atoms with E-state index in [0.717, 1.165) is 21.8 Å². The number of halogens is 2. The van der Waals surface area contributed by atoms with Crippen molar-refractivity contribution in [1.29, 1.82) is 0 Å². The van der Waals surface area contributed by atoms with Gasteiger partial charge in [-0.15, -0.1) is 0 Å². The van der Waals surface area contributed by atoms with Gasteiger partial charge in [-0.05, 0) is 42.4 Å². The summed E-state index contributed by atoms with van der Waals surface area (Å²) in [5.74, 6) is 1.42. The molecular weight excluding hydrogens is 298 g/mol. The van der Waals surface area contributed by atoms with Gasteiger partial charge >= 0.3 is 0 Å². The molecule has 3 unspecified atom stereocenters. The monoisotopic (exact) mass is 315 g/mol. The van der Waals surface area contributed by atoms with E-state index in [9.17, 15) is 0 Å². The molecule has 1 aliphatic carbocycles. The van der Waals surface area contributed by atoms with E-state index in [4.69, 9.17) is 17.3 Å². The van der Waals surface area contributed by atoms with E-state index < -0.39 is 0 Å². The Morgan fingerprint density at radius 2 is 2.24 bits per heavy atom. The maximum atomic E-state index is 6.34. The summed E-state index contributed by atoms with van der Waals surface area (Å²) in [4.78, 5) is 0. The molecule has 3 heteroatoms. The Bertz CT molecular complexity index is 394. The zero-order valence-electron chi connectivity index (χ0n) is 10.1. The third kappa shape index (κ3) is 3.24. The molecule has 0 aromatic heterocycles. The minimum Gasteiger partial charge on any atom is -0.327 e. The van der Waals surface area contributed by atoms with Crippen molar-refractivity contribution >= 4 is 27.5 Å². The molecule has 1 aromatic rings. The van der Waals surface area contributed by atoms with Crippen LogP contribution in [0.2, 0.25) is 5.02 Å². The van der Waals surface area contributed by atoms with Gasteiger partial charge in [-0.3, -0.25) is 0 Å². The zero-order chi connectivity index (χ0) is 12.4. The van der Waals surface area contributed by atoms with E-state index in [1.807, 2.05) is 12.1 Å². The summed E-state index contributed by atoms with van der Waals surface area (Å²) in [6, 6.07) is 6.30. The topological polar surface area (TPSA) is 26.0 Å². The first-order valence-corrected chi connectivity index (χ1v) is 7.44. The molecule has 1 nitrogen and oxygen atoms in total. The molecular formula is C14H19BrClN. The summed E-state index contributed by atoms with van der Waals surface area (Å²) in [5.41, 5.74) is 7.51. The number of nitrogens with two attached hydrogens (primary N) is 1. The Morgan fingerprint density at radius 1 is 1.47 bits per heavy atom. The Morgan fingerprint density at radius 3 is 2.82 bits per heavy atom. The van der Waals surface area contributed by atoms with E-state index in [1.54, 1.807) is 0 Å². The van der Waals surface area contributed by atoms with Crippen molar-refractivity contribution < 1.29 is 0 Å². The molecule has 0 heterocycles. The summed E-state index contributed by atoms with van der Waals surface area (Å²) in [6.07, 6.45) is 4.82. The maximum Gasteiger partial charge on any atom is 0.0449 e. The fraction of sp³-hybridized carbons (Fsp3) is 0.571. The lowest BCUT2D eigenvalue weighted by Crippen LogP contribution is -2.33. The second kappa shape index (κ2) is 5.73. The molecule has 17 heavy (non-hydrogen) atoms. The zero-order valence-corrected chi connectivity index (χ0v) is 12.5. The number of hydrogen-bond acceptors (Lipinski definition) is 1. The minimum atomic E-state index is 0.242. The van der Waals surface area contributed by atoms with Crippen molar-refractivity contribution in [2.45, 2.75) is 38.6 Å². The van der Waals surface area contributed by atoms with Crippen LogP contribution in [0.15, 0.2) is 22.7 Å². The van der Waals surface area contributed by atoms with E-state index in [-0.39, 0.29) is 6.04 Å². The lowest BCUT2D eigenvalue weighted by Gasteiger charge is -2.23. The number of benzene rings is 1. The van der Waals surface area contributed by atoms with E-state index >= 15 is 0 Å². The van der Waals surface area contributed by atoms with Crippen LogP contribution in [0.5, 0.6) is 0 Å². The van der Waals surface area contributed by atoms with Crippen LogP contribution in [0, 0.1) is 11.8 Å². The normalized spacial score (nSPS) is 26.1. The Hall–Kier alpha value is -0.0500. The molecule has 0 bridgehead atoms.